The summed E-state index contributed by atoms with van der Waals surface area (Å²) in [5, 5.41) is -0.0659. The number of para-hydroxylation sites is 1. The van der Waals surface area contributed by atoms with Crippen molar-refractivity contribution < 1.29 is 4.74 Å². The molecule has 0 saturated carbocycles. The lowest BCUT2D eigenvalue weighted by atomic mass is 10.1. The first-order valence-electron chi connectivity index (χ1n) is 5.22. The highest BCUT2D eigenvalue weighted by Gasteiger charge is 2.13. The van der Waals surface area contributed by atoms with Crippen molar-refractivity contribution in [2.45, 2.75) is 11.8 Å². The largest absolute Gasteiger partial charge is 0.496 e. The Morgan fingerprint density at radius 2 is 2.00 bits per heavy atom. The fourth-order valence-corrected chi connectivity index (χ4v) is 3.07. The van der Waals surface area contributed by atoms with E-state index in [-0.39, 0.29) is 5.38 Å². The molecule has 1 nitrogen and oxygen atoms in total. The number of hydrogen-bond acceptors (Lipinski definition) is 2. The number of halogens is 2. The Morgan fingerprint density at radius 3 is 2.65 bits per heavy atom. The van der Waals surface area contributed by atoms with Crippen LogP contribution in [0.2, 0.25) is 4.34 Å². The van der Waals surface area contributed by atoms with Gasteiger partial charge in [-0.15, -0.1) is 22.9 Å². The summed E-state index contributed by atoms with van der Waals surface area (Å²) < 4.78 is 6.08. The van der Waals surface area contributed by atoms with E-state index >= 15 is 0 Å². The van der Waals surface area contributed by atoms with Crippen LogP contribution in [0, 0.1) is 0 Å². The molecule has 90 valence electrons. The van der Waals surface area contributed by atoms with Crippen LogP contribution in [-0.2, 0) is 6.42 Å². The molecule has 0 aliphatic heterocycles. The summed E-state index contributed by atoms with van der Waals surface area (Å²) in [7, 11) is 1.67. The summed E-state index contributed by atoms with van der Waals surface area (Å²) in [5.41, 5.74) is 1.11. The van der Waals surface area contributed by atoms with E-state index in [9.17, 15) is 0 Å². The van der Waals surface area contributed by atoms with Crippen molar-refractivity contribution in [1.82, 2.24) is 0 Å². The van der Waals surface area contributed by atoms with Crippen LogP contribution in [-0.4, -0.2) is 7.11 Å². The van der Waals surface area contributed by atoms with Gasteiger partial charge in [-0.25, -0.2) is 0 Å². The summed E-state index contributed by atoms with van der Waals surface area (Å²) >= 11 is 13.8. The number of methoxy groups -OCH3 is 1. The van der Waals surface area contributed by atoms with Gasteiger partial charge in [0, 0.05) is 4.88 Å². The van der Waals surface area contributed by atoms with Crippen LogP contribution in [0.3, 0.4) is 0 Å². The lowest BCUT2D eigenvalue weighted by molar-refractivity contribution is 0.409. The van der Waals surface area contributed by atoms with Crippen molar-refractivity contribution in [3.8, 4) is 5.75 Å². The molecule has 1 aromatic heterocycles. The van der Waals surface area contributed by atoms with Gasteiger partial charge in [0.05, 0.1) is 16.8 Å². The molecule has 1 unspecified atom stereocenters. The van der Waals surface area contributed by atoms with Crippen LogP contribution in [0.4, 0.5) is 0 Å². The maximum atomic E-state index is 6.38. The van der Waals surface area contributed by atoms with Crippen LogP contribution < -0.4 is 4.74 Å². The maximum absolute atomic E-state index is 6.38. The molecule has 2 aromatic rings. The molecule has 0 aliphatic rings. The van der Waals surface area contributed by atoms with E-state index in [2.05, 4.69) is 0 Å². The van der Waals surface area contributed by atoms with Crippen molar-refractivity contribution in [2.24, 2.45) is 0 Å². The minimum atomic E-state index is -0.0659. The SMILES string of the molecule is COc1ccccc1CC(Cl)c1ccc(Cl)s1. The average Bonchev–Trinajstić information content (AvgIpc) is 2.77. The van der Waals surface area contributed by atoms with Gasteiger partial charge in [-0.1, -0.05) is 29.8 Å². The van der Waals surface area contributed by atoms with Gasteiger partial charge < -0.3 is 4.74 Å². The maximum Gasteiger partial charge on any atom is 0.122 e. The van der Waals surface area contributed by atoms with Gasteiger partial charge in [0.25, 0.3) is 0 Å². The Bertz CT molecular complexity index is 496. The first-order valence-corrected chi connectivity index (χ1v) is 6.85. The second-order valence-electron chi connectivity index (χ2n) is 3.63. The lowest BCUT2D eigenvalue weighted by Crippen LogP contribution is -1.96. The zero-order valence-electron chi connectivity index (χ0n) is 9.32. The van der Waals surface area contributed by atoms with E-state index in [0.717, 1.165) is 26.9 Å². The molecule has 1 atom stereocenters. The monoisotopic (exact) mass is 286 g/mol. The molecular formula is C13H12Cl2OS. The molecule has 1 heterocycles. The van der Waals surface area contributed by atoms with E-state index in [0.29, 0.717) is 0 Å². The lowest BCUT2D eigenvalue weighted by Gasteiger charge is -2.11. The van der Waals surface area contributed by atoms with Crippen LogP contribution in [0.15, 0.2) is 36.4 Å². The van der Waals surface area contributed by atoms with Crippen molar-refractivity contribution in [1.29, 1.82) is 0 Å². The number of ether oxygens (including phenoxy) is 1. The Hall–Kier alpha value is -0.700. The zero-order chi connectivity index (χ0) is 12.3. The molecule has 0 aliphatic carbocycles. The van der Waals surface area contributed by atoms with Crippen molar-refractivity contribution >= 4 is 34.5 Å². The number of hydrogen-bond donors (Lipinski definition) is 0. The predicted molar refractivity (Wildman–Crippen MR) is 74.6 cm³/mol. The fourth-order valence-electron chi connectivity index (χ4n) is 1.66. The number of alkyl halides is 1. The zero-order valence-corrected chi connectivity index (χ0v) is 11.6. The fraction of sp³-hybridized carbons (Fsp3) is 0.231. The molecule has 0 N–H and O–H groups in total. The standard InChI is InChI=1S/C13H12Cl2OS/c1-16-11-5-3-2-4-9(11)8-10(14)12-6-7-13(15)17-12/h2-7,10H,8H2,1H3. The van der Waals surface area contributed by atoms with Gasteiger partial charge in [-0.3, -0.25) is 0 Å². The average molecular weight is 287 g/mol. The minimum absolute atomic E-state index is 0.0659. The molecule has 2 rings (SSSR count). The summed E-state index contributed by atoms with van der Waals surface area (Å²) in [6.07, 6.45) is 0.739. The van der Waals surface area contributed by atoms with Gasteiger partial charge in [-0.2, -0.15) is 0 Å². The molecule has 1 aromatic carbocycles. The van der Waals surface area contributed by atoms with Crippen molar-refractivity contribution in [3.05, 3.63) is 51.2 Å². The van der Waals surface area contributed by atoms with Crippen molar-refractivity contribution in [2.75, 3.05) is 7.11 Å². The Kier molecular flexibility index (Phi) is 4.32. The minimum Gasteiger partial charge on any atom is -0.496 e. The smallest absolute Gasteiger partial charge is 0.122 e. The molecule has 4 heteroatoms. The third-order valence-corrected chi connectivity index (χ3v) is 4.36. The van der Waals surface area contributed by atoms with Crippen molar-refractivity contribution in [3.63, 3.8) is 0 Å². The third kappa shape index (κ3) is 3.15. The molecule has 0 saturated heterocycles. The second kappa shape index (κ2) is 5.76. The predicted octanol–water partition coefficient (Wildman–Crippen LogP) is 4.93. The molecule has 0 spiro atoms. The van der Waals surface area contributed by atoms with Gasteiger partial charge in [0.15, 0.2) is 0 Å². The van der Waals surface area contributed by atoms with Gasteiger partial charge in [0.2, 0.25) is 0 Å². The first kappa shape index (κ1) is 12.7. The molecule has 0 radical (unpaired) electrons. The first-order chi connectivity index (χ1) is 8.20. The number of benzene rings is 1. The van der Waals surface area contributed by atoms with Crippen LogP contribution in [0.5, 0.6) is 5.75 Å². The topological polar surface area (TPSA) is 9.23 Å². The highest BCUT2D eigenvalue weighted by atomic mass is 35.5. The quantitative estimate of drug-likeness (QED) is 0.724. The Balaban J connectivity index is 2.15. The summed E-state index contributed by atoms with van der Waals surface area (Å²) in [4.78, 5) is 1.09. The summed E-state index contributed by atoms with van der Waals surface area (Å²) in [5.74, 6) is 0.876. The molecule has 17 heavy (non-hydrogen) atoms. The van der Waals surface area contributed by atoms with Gasteiger partial charge >= 0.3 is 0 Å². The van der Waals surface area contributed by atoms with Crippen LogP contribution >= 0.6 is 34.5 Å². The molecule has 0 fully saturated rings. The van der Waals surface area contributed by atoms with E-state index in [1.165, 1.54) is 11.3 Å². The summed E-state index contributed by atoms with van der Waals surface area (Å²) in [6, 6.07) is 11.8. The second-order valence-corrected chi connectivity index (χ2v) is 5.90. The third-order valence-electron chi connectivity index (χ3n) is 2.49. The van der Waals surface area contributed by atoms with E-state index in [1.807, 2.05) is 36.4 Å². The Morgan fingerprint density at radius 1 is 1.24 bits per heavy atom. The molecule has 0 bridgehead atoms. The summed E-state index contributed by atoms with van der Waals surface area (Å²) in [6.45, 7) is 0. The van der Waals surface area contributed by atoms with Gasteiger partial charge in [0.1, 0.15) is 5.75 Å². The van der Waals surface area contributed by atoms with E-state index in [4.69, 9.17) is 27.9 Å². The van der Waals surface area contributed by atoms with E-state index in [1.54, 1.807) is 7.11 Å². The highest BCUT2D eigenvalue weighted by Crippen LogP contribution is 2.34. The number of thiophene rings is 1. The Labute approximate surface area is 115 Å². The normalized spacial score (nSPS) is 12.4. The van der Waals surface area contributed by atoms with Gasteiger partial charge in [-0.05, 0) is 30.2 Å². The van der Waals surface area contributed by atoms with Crippen LogP contribution in [0.1, 0.15) is 15.8 Å². The molecule has 0 amide bonds. The van der Waals surface area contributed by atoms with E-state index < -0.39 is 0 Å². The highest BCUT2D eigenvalue weighted by molar-refractivity contribution is 7.16. The molecular weight excluding hydrogens is 275 g/mol. The van der Waals surface area contributed by atoms with Crippen LogP contribution in [0.25, 0.3) is 0 Å². The number of rotatable bonds is 4.